The van der Waals surface area contributed by atoms with Gasteiger partial charge in [0, 0.05) is 46.4 Å². The lowest BCUT2D eigenvalue weighted by atomic mass is 9.96. The van der Waals surface area contributed by atoms with E-state index >= 15 is 0 Å². The lowest BCUT2D eigenvalue weighted by molar-refractivity contribution is -0.122. The van der Waals surface area contributed by atoms with Crippen molar-refractivity contribution in [2.75, 3.05) is 0 Å². The Labute approximate surface area is 159 Å². The number of hydrogen-bond acceptors (Lipinski definition) is 4. The molecule has 0 saturated heterocycles. The molecule has 1 aliphatic heterocycles. The highest BCUT2D eigenvalue weighted by Gasteiger charge is 2.35. The molecule has 2 amide bonds. The smallest absolute Gasteiger partial charge is 0.259 e. The lowest BCUT2D eigenvalue weighted by Crippen LogP contribution is -2.22. The quantitative estimate of drug-likeness (QED) is 0.441. The highest BCUT2D eigenvalue weighted by Crippen LogP contribution is 2.38. The first-order valence-electron chi connectivity index (χ1n) is 8.80. The van der Waals surface area contributed by atoms with Crippen molar-refractivity contribution in [2.45, 2.75) is 6.54 Å². The average Bonchev–Trinajstić information content (AvgIpc) is 3.36. The number of pyridine rings is 1. The predicted molar refractivity (Wildman–Crippen MR) is 106 cm³/mol. The molecular weight excluding hydrogens is 354 g/mol. The third-order valence-corrected chi connectivity index (χ3v) is 4.93. The number of imide groups is 1. The summed E-state index contributed by atoms with van der Waals surface area (Å²) in [5.74, 6) is -0.855. The minimum atomic E-state index is -0.438. The van der Waals surface area contributed by atoms with Crippen molar-refractivity contribution in [3.8, 4) is 0 Å². The molecule has 1 aromatic carbocycles. The van der Waals surface area contributed by atoms with Gasteiger partial charge in [0.15, 0.2) is 0 Å². The standard InChI is InChI=1S/C22H15N3O3/c1-2-10-25-11-15(13-6-3-4-8-17(13)25)18-19(21(27)24-20(18)26)16-12-28-22-14(16)7-5-9-23-22/h2-9,11-12H,1,10H2,(H,24,26,27). The van der Waals surface area contributed by atoms with Crippen molar-refractivity contribution in [3.63, 3.8) is 0 Å². The van der Waals surface area contributed by atoms with Gasteiger partial charge < -0.3 is 8.98 Å². The van der Waals surface area contributed by atoms with Gasteiger partial charge >= 0.3 is 0 Å². The number of carbonyl (C=O) groups is 2. The Bertz CT molecular complexity index is 1320. The van der Waals surface area contributed by atoms with Crippen LogP contribution in [0.25, 0.3) is 33.1 Å². The van der Waals surface area contributed by atoms with Crippen LogP contribution in [0.5, 0.6) is 0 Å². The van der Waals surface area contributed by atoms with Gasteiger partial charge in [0.25, 0.3) is 11.8 Å². The number of carbonyl (C=O) groups excluding carboxylic acids is 2. The molecule has 6 heteroatoms. The maximum atomic E-state index is 12.8. The number of nitrogens with one attached hydrogen (secondary N) is 1. The van der Waals surface area contributed by atoms with Crippen molar-refractivity contribution >= 4 is 45.0 Å². The van der Waals surface area contributed by atoms with Crippen LogP contribution in [0.4, 0.5) is 0 Å². The summed E-state index contributed by atoms with van der Waals surface area (Å²) in [7, 11) is 0. The number of aromatic nitrogens is 2. The minimum absolute atomic E-state index is 0.304. The van der Waals surface area contributed by atoms with E-state index in [4.69, 9.17) is 4.42 Å². The molecule has 0 unspecified atom stereocenters. The van der Waals surface area contributed by atoms with E-state index in [1.54, 1.807) is 18.3 Å². The Kier molecular flexibility index (Phi) is 3.52. The summed E-state index contributed by atoms with van der Waals surface area (Å²) < 4.78 is 7.51. The second-order valence-corrected chi connectivity index (χ2v) is 6.54. The summed E-state index contributed by atoms with van der Waals surface area (Å²) in [6.07, 6.45) is 6.78. The molecule has 0 radical (unpaired) electrons. The molecule has 0 spiro atoms. The first kappa shape index (κ1) is 16.3. The van der Waals surface area contributed by atoms with Crippen molar-refractivity contribution in [2.24, 2.45) is 0 Å². The Morgan fingerprint density at radius 3 is 2.61 bits per heavy atom. The number of hydrogen-bond donors (Lipinski definition) is 1. The zero-order chi connectivity index (χ0) is 19.3. The fraction of sp³-hybridized carbons (Fsp3) is 0.0455. The van der Waals surface area contributed by atoms with E-state index in [9.17, 15) is 9.59 Å². The predicted octanol–water partition coefficient (Wildman–Crippen LogP) is 3.54. The third kappa shape index (κ3) is 2.24. The number of rotatable bonds is 4. The van der Waals surface area contributed by atoms with E-state index < -0.39 is 11.8 Å². The molecular formula is C22H15N3O3. The van der Waals surface area contributed by atoms with Crippen LogP contribution in [0.15, 0.2) is 72.1 Å². The second-order valence-electron chi connectivity index (χ2n) is 6.54. The number of fused-ring (bicyclic) bond motifs is 2. The molecule has 5 rings (SSSR count). The van der Waals surface area contributed by atoms with Crippen LogP contribution in [0.3, 0.4) is 0 Å². The Balaban J connectivity index is 1.84. The van der Waals surface area contributed by atoms with E-state index in [2.05, 4.69) is 16.9 Å². The topological polar surface area (TPSA) is 77.1 Å². The van der Waals surface area contributed by atoms with Crippen molar-refractivity contribution in [1.29, 1.82) is 0 Å². The summed E-state index contributed by atoms with van der Waals surface area (Å²) in [4.78, 5) is 29.6. The van der Waals surface area contributed by atoms with E-state index in [0.717, 1.165) is 10.9 Å². The molecule has 4 aromatic rings. The summed E-state index contributed by atoms with van der Waals surface area (Å²) in [5, 5.41) is 4.02. The van der Waals surface area contributed by atoms with Crippen LogP contribution in [-0.2, 0) is 16.1 Å². The number of nitrogens with zero attached hydrogens (tertiary/aromatic N) is 2. The van der Waals surface area contributed by atoms with Crippen molar-refractivity contribution in [1.82, 2.24) is 14.9 Å². The third-order valence-electron chi connectivity index (χ3n) is 4.93. The molecule has 0 fully saturated rings. The molecule has 1 aliphatic rings. The van der Waals surface area contributed by atoms with Gasteiger partial charge in [-0.3, -0.25) is 14.9 Å². The zero-order valence-electron chi connectivity index (χ0n) is 14.8. The minimum Gasteiger partial charge on any atom is -0.445 e. The molecule has 0 aliphatic carbocycles. The zero-order valence-corrected chi connectivity index (χ0v) is 14.8. The van der Waals surface area contributed by atoms with Gasteiger partial charge in [-0.25, -0.2) is 4.98 Å². The first-order valence-corrected chi connectivity index (χ1v) is 8.80. The second kappa shape index (κ2) is 6.06. The highest BCUT2D eigenvalue weighted by atomic mass is 16.3. The summed E-state index contributed by atoms with van der Waals surface area (Å²) >= 11 is 0. The maximum Gasteiger partial charge on any atom is 0.259 e. The van der Waals surface area contributed by atoms with E-state index in [-0.39, 0.29) is 0 Å². The molecule has 3 aromatic heterocycles. The monoisotopic (exact) mass is 369 g/mol. The highest BCUT2D eigenvalue weighted by molar-refractivity contribution is 6.50. The van der Waals surface area contributed by atoms with Gasteiger partial charge in [-0.1, -0.05) is 24.3 Å². The maximum absolute atomic E-state index is 12.8. The van der Waals surface area contributed by atoms with E-state index in [1.807, 2.05) is 41.1 Å². The lowest BCUT2D eigenvalue weighted by Gasteiger charge is -2.02. The molecule has 0 bridgehead atoms. The van der Waals surface area contributed by atoms with Crippen LogP contribution >= 0.6 is 0 Å². The number of furan rings is 1. The molecule has 0 saturated carbocycles. The number of allylic oxidation sites excluding steroid dienone is 1. The summed E-state index contributed by atoms with van der Waals surface area (Å²) in [6.45, 7) is 4.40. The Hall–Kier alpha value is -3.93. The fourth-order valence-corrected chi connectivity index (χ4v) is 3.77. The molecule has 1 N–H and O–H groups in total. The number of para-hydroxylation sites is 1. The Morgan fingerprint density at radius 2 is 1.79 bits per heavy atom. The molecule has 136 valence electrons. The number of amides is 2. The van der Waals surface area contributed by atoms with Gasteiger partial charge in [0.2, 0.25) is 5.71 Å². The average molecular weight is 369 g/mol. The van der Waals surface area contributed by atoms with Gasteiger partial charge in [-0.05, 0) is 18.2 Å². The van der Waals surface area contributed by atoms with Crippen molar-refractivity contribution < 1.29 is 14.0 Å². The largest absolute Gasteiger partial charge is 0.445 e. The first-order chi connectivity index (χ1) is 13.7. The molecule has 6 nitrogen and oxygen atoms in total. The molecule has 0 atom stereocenters. The Morgan fingerprint density at radius 1 is 1.04 bits per heavy atom. The number of benzene rings is 1. The van der Waals surface area contributed by atoms with E-state index in [0.29, 0.717) is 39.9 Å². The van der Waals surface area contributed by atoms with Crippen LogP contribution < -0.4 is 5.32 Å². The fourth-order valence-electron chi connectivity index (χ4n) is 3.77. The van der Waals surface area contributed by atoms with E-state index in [1.165, 1.54) is 6.26 Å². The van der Waals surface area contributed by atoms with Crippen LogP contribution in [0.1, 0.15) is 11.1 Å². The van der Waals surface area contributed by atoms with Gasteiger partial charge in [-0.2, -0.15) is 0 Å². The van der Waals surface area contributed by atoms with Gasteiger partial charge in [0.1, 0.15) is 6.26 Å². The van der Waals surface area contributed by atoms with Crippen molar-refractivity contribution in [3.05, 3.63) is 78.8 Å². The SMILES string of the molecule is C=CCn1cc(C2=C(c3coc4ncccc34)C(=O)NC2=O)c2ccccc21. The van der Waals surface area contributed by atoms with Crippen LogP contribution in [0.2, 0.25) is 0 Å². The van der Waals surface area contributed by atoms with Crippen LogP contribution in [0, 0.1) is 0 Å². The van der Waals surface area contributed by atoms with Gasteiger partial charge in [0.05, 0.1) is 11.1 Å². The molecule has 28 heavy (non-hydrogen) atoms. The summed E-state index contributed by atoms with van der Waals surface area (Å²) in [6, 6.07) is 11.4. The molecule has 4 heterocycles. The van der Waals surface area contributed by atoms with Crippen LogP contribution in [-0.4, -0.2) is 21.4 Å². The normalized spacial score (nSPS) is 14.3. The van der Waals surface area contributed by atoms with Gasteiger partial charge in [-0.15, -0.1) is 6.58 Å². The summed E-state index contributed by atoms with van der Waals surface area (Å²) in [5.41, 5.74) is 3.30.